The van der Waals surface area contributed by atoms with Gasteiger partial charge in [0.25, 0.3) is 0 Å². The van der Waals surface area contributed by atoms with Crippen molar-refractivity contribution in [2.75, 3.05) is 6.61 Å². The van der Waals surface area contributed by atoms with Crippen molar-refractivity contribution >= 4 is 17.8 Å². The molecule has 0 aliphatic rings. The quantitative estimate of drug-likeness (QED) is 0.395. The van der Waals surface area contributed by atoms with Crippen LogP contribution in [-0.2, 0) is 19.1 Å². The van der Waals surface area contributed by atoms with E-state index in [1.807, 2.05) is 0 Å². The summed E-state index contributed by atoms with van der Waals surface area (Å²) in [6.45, 7) is 1.47. The van der Waals surface area contributed by atoms with Crippen molar-refractivity contribution in [3.63, 3.8) is 0 Å². The van der Waals surface area contributed by atoms with Crippen LogP contribution < -0.4 is 5.32 Å². The Hall–Kier alpha value is -1.67. The third kappa shape index (κ3) is 5.27. The van der Waals surface area contributed by atoms with Crippen molar-refractivity contribution in [2.24, 2.45) is 0 Å². The van der Waals surface area contributed by atoms with Gasteiger partial charge >= 0.3 is 11.9 Å². The number of rotatable bonds is 6. The summed E-state index contributed by atoms with van der Waals surface area (Å²) in [4.78, 5) is 32.7. The van der Waals surface area contributed by atoms with E-state index in [-0.39, 0.29) is 0 Å². The van der Waals surface area contributed by atoms with E-state index in [0.717, 1.165) is 6.92 Å². The highest BCUT2D eigenvalue weighted by Crippen LogP contribution is 2.01. The first-order chi connectivity index (χ1) is 7.79. The molecule has 0 aromatic rings. The molecule has 0 aromatic heterocycles. The van der Waals surface area contributed by atoms with Crippen molar-refractivity contribution in [1.82, 2.24) is 5.32 Å². The number of esters is 1. The number of hydrogen-bond donors (Lipinski definition) is 4. The maximum atomic E-state index is 11.4. The van der Waals surface area contributed by atoms with Gasteiger partial charge in [-0.05, 0) is 6.92 Å². The molecule has 0 rings (SSSR count). The van der Waals surface area contributed by atoms with Crippen LogP contribution in [0.3, 0.4) is 0 Å². The standard InChI is InChI=1S/C9H15NO7/c1-4(12)7(10-5(2)13)9(16)17-6(3-11)8(14)15/h4,6-7,11-12H,3H2,1-2H3,(H,10,13)(H,14,15)/t4-,6?,7+/m1/s1. The molecule has 3 atom stereocenters. The van der Waals surface area contributed by atoms with Gasteiger partial charge in [-0.1, -0.05) is 0 Å². The van der Waals surface area contributed by atoms with E-state index in [1.54, 1.807) is 0 Å². The highest BCUT2D eigenvalue weighted by Gasteiger charge is 2.30. The molecule has 0 spiro atoms. The molecule has 0 bridgehead atoms. The highest BCUT2D eigenvalue weighted by molar-refractivity contribution is 5.85. The summed E-state index contributed by atoms with van der Waals surface area (Å²) in [5.74, 6) is -3.23. The number of nitrogens with one attached hydrogen (secondary N) is 1. The third-order valence-electron chi connectivity index (χ3n) is 1.79. The number of aliphatic hydroxyl groups is 2. The minimum atomic E-state index is -1.72. The van der Waals surface area contributed by atoms with Crippen LogP contribution in [0.1, 0.15) is 13.8 Å². The van der Waals surface area contributed by atoms with Crippen LogP contribution in [-0.4, -0.2) is 58.0 Å². The zero-order valence-electron chi connectivity index (χ0n) is 9.41. The van der Waals surface area contributed by atoms with Gasteiger partial charge in [-0.25, -0.2) is 9.59 Å². The topological polar surface area (TPSA) is 133 Å². The van der Waals surface area contributed by atoms with Crippen LogP contribution in [0.25, 0.3) is 0 Å². The second-order valence-corrected chi connectivity index (χ2v) is 3.37. The van der Waals surface area contributed by atoms with Gasteiger partial charge in [0.2, 0.25) is 12.0 Å². The molecule has 98 valence electrons. The molecule has 0 fully saturated rings. The largest absolute Gasteiger partial charge is 0.478 e. The lowest BCUT2D eigenvalue weighted by atomic mass is 10.2. The number of ether oxygens (including phenoxy) is 1. The first kappa shape index (κ1) is 15.3. The van der Waals surface area contributed by atoms with E-state index >= 15 is 0 Å². The second kappa shape index (κ2) is 6.81. The Labute approximate surface area is 97.2 Å². The lowest BCUT2D eigenvalue weighted by Gasteiger charge is -2.21. The molecule has 0 radical (unpaired) electrons. The minimum Gasteiger partial charge on any atom is -0.478 e. The van der Waals surface area contributed by atoms with Gasteiger partial charge in [0.1, 0.15) is 0 Å². The Bertz CT molecular complexity index is 302. The summed E-state index contributed by atoms with van der Waals surface area (Å²) in [6, 6.07) is -1.37. The van der Waals surface area contributed by atoms with Crippen LogP contribution in [0.15, 0.2) is 0 Å². The fourth-order valence-corrected chi connectivity index (χ4v) is 0.975. The molecule has 0 saturated heterocycles. The average Bonchev–Trinajstić information content (AvgIpc) is 2.20. The Balaban J connectivity index is 4.62. The number of carbonyl (C=O) groups excluding carboxylic acids is 2. The number of hydrogen-bond acceptors (Lipinski definition) is 6. The van der Waals surface area contributed by atoms with Crippen LogP contribution in [0.5, 0.6) is 0 Å². The number of carbonyl (C=O) groups is 3. The van der Waals surface area contributed by atoms with Gasteiger partial charge in [0.15, 0.2) is 6.04 Å². The van der Waals surface area contributed by atoms with Crippen molar-refractivity contribution < 1.29 is 34.4 Å². The van der Waals surface area contributed by atoms with Crippen LogP contribution in [0.2, 0.25) is 0 Å². The van der Waals surface area contributed by atoms with Crippen molar-refractivity contribution in [3.8, 4) is 0 Å². The minimum absolute atomic E-state index is 0.580. The maximum Gasteiger partial charge on any atom is 0.347 e. The van der Waals surface area contributed by atoms with Gasteiger partial charge in [0, 0.05) is 6.92 Å². The SMILES string of the molecule is CC(=O)N[C@H](C(=O)OC(CO)C(=O)O)[C@@H](C)O. The van der Waals surface area contributed by atoms with E-state index in [2.05, 4.69) is 10.1 Å². The maximum absolute atomic E-state index is 11.4. The predicted octanol–water partition coefficient (Wildman–Crippen LogP) is -2.14. The van der Waals surface area contributed by atoms with E-state index in [4.69, 9.17) is 10.2 Å². The molecule has 1 amide bonds. The van der Waals surface area contributed by atoms with Gasteiger partial charge in [-0.3, -0.25) is 4.79 Å². The lowest BCUT2D eigenvalue weighted by Crippen LogP contribution is -2.49. The van der Waals surface area contributed by atoms with E-state index in [1.165, 1.54) is 6.92 Å². The number of carboxylic acid groups (broad SMARTS) is 1. The van der Waals surface area contributed by atoms with Crippen LogP contribution in [0.4, 0.5) is 0 Å². The average molecular weight is 249 g/mol. The Morgan fingerprint density at radius 2 is 1.88 bits per heavy atom. The summed E-state index contributed by atoms with van der Waals surface area (Å²) < 4.78 is 4.42. The van der Waals surface area contributed by atoms with Crippen molar-refractivity contribution in [2.45, 2.75) is 32.1 Å². The summed E-state index contributed by atoms with van der Waals surface area (Å²) in [5, 5.41) is 28.5. The number of amides is 1. The number of aliphatic carboxylic acids is 1. The van der Waals surface area contributed by atoms with Crippen molar-refractivity contribution in [1.29, 1.82) is 0 Å². The summed E-state index contributed by atoms with van der Waals surface area (Å²) in [6.07, 6.45) is -2.97. The van der Waals surface area contributed by atoms with Crippen LogP contribution in [0, 0.1) is 0 Å². The molecule has 1 unspecified atom stereocenters. The number of carboxylic acids is 1. The van der Waals surface area contributed by atoms with Gasteiger partial charge in [0.05, 0.1) is 12.7 Å². The second-order valence-electron chi connectivity index (χ2n) is 3.37. The van der Waals surface area contributed by atoms with Gasteiger partial charge in [-0.15, -0.1) is 0 Å². The molecule has 0 aliphatic carbocycles. The van der Waals surface area contributed by atoms with Crippen LogP contribution >= 0.6 is 0 Å². The first-order valence-electron chi connectivity index (χ1n) is 4.79. The molecule has 0 aliphatic heterocycles. The molecule has 0 saturated carbocycles. The fraction of sp³-hybridized carbons (Fsp3) is 0.667. The molecule has 4 N–H and O–H groups in total. The zero-order chi connectivity index (χ0) is 13.6. The molecule has 0 aromatic carbocycles. The smallest absolute Gasteiger partial charge is 0.347 e. The highest BCUT2D eigenvalue weighted by atomic mass is 16.6. The van der Waals surface area contributed by atoms with Crippen molar-refractivity contribution in [3.05, 3.63) is 0 Å². The van der Waals surface area contributed by atoms with E-state index in [9.17, 15) is 19.5 Å². The Morgan fingerprint density at radius 1 is 1.35 bits per heavy atom. The zero-order valence-corrected chi connectivity index (χ0v) is 9.41. The normalized spacial score (nSPS) is 15.5. The predicted molar refractivity (Wildman–Crippen MR) is 53.9 cm³/mol. The summed E-state index contributed by atoms with van der Waals surface area (Å²) >= 11 is 0. The molecular formula is C9H15NO7. The third-order valence-corrected chi connectivity index (χ3v) is 1.79. The fourth-order valence-electron chi connectivity index (χ4n) is 0.975. The summed E-state index contributed by atoms with van der Waals surface area (Å²) in [5.41, 5.74) is 0. The lowest BCUT2D eigenvalue weighted by molar-refractivity contribution is -0.170. The van der Waals surface area contributed by atoms with Gasteiger partial charge in [-0.2, -0.15) is 0 Å². The molecule has 8 heteroatoms. The first-order valence-corrected chi connectivity index (χ1v) is 4.79. The van der Waals surface area contributed by atoms with Gasteiger partial charge < -0.3 is 25.4 Å². The van der Waals surface area contributed by atoms with E-state index < -0.39 is 42.7 Å². The molecule has 17 heavy (non-hydrogen) atoms. The molecular weight excluding hydrogens is 234 g/mol. The monoisotopic (exact) mass is 249 g/mol. The Morgan fingerprint density at radius 3 is 2.18 bits per heavy atom. The Kier molecular flexibility index (Phi) is 6.15. The summed E-state index contributed by atoms with van der Waals surface area (Å²) in [7, 11) is 0. The molecule has 8 nitrogen and oxygen atoms in total. The molecule has 0 heterocycles. The number of aliphatic hydroxyl groups excluding tert-OH is 2. The van der Waals surface area contributed by atoms with E-state index in [0.29, 0.717) is 0 Å².